The van der Waals surface area contributed by atoms with E-state index in [1.165, 1.54) is 5.56 Å². The molecule has 0 bridgehead atoms. The average molecular weight is 234 g/mol. The molecule has 0 aliphatic carbocycles. The van der Waals surface area contributed by atoms with Gasteiger partial charge in [-0.1, -0.05) is 0 Å². The fourth-order valence-corrected chi connectivity index (χ4v) is 2.16. The first-order chi connectivity index (χ1) is 8.18. The second-order valence-electron chi connectivity index (χ2n) is 4.33. The van der Waals surface area contributed by atoms with Crippen LogP contribution < -0.4 is 5.73 Å². The summed E-state index contributed by atoms with van der Waals surface area (Å²) in [5.41, 5.74) is 6.92. The molecule has 2 N–H and O–H groups in total. The number of methoxy groups -OCH3 is 1. The molecule has 1 atom stereocenters. The van der Waals surface area contributed by atoms with Gasteiger partial charge in [-0.3, -0.25) is 9.98 Å². The lowest BCUT2D eigenvalue weighted by molar-refractivity contribution is 0.137. The molecule has 1 unspecified atom stereocenters. The summed E-state index contributed by atoms with van der Waals surface area (Å²) in [5.74, 6) is 0.585. The molecule has 0 spiro atoms. The van der Waals surface area contributed by atoms with Crippen LogP contribution in [0.3, 0.4) is 0 Å². The molecule has 1 aromatic rings. The minimum absolute atomic E-state index is 0.189. The predicted molar refractivity (Wildman–Crippen MR) is 66.7 cm³/mol. The van der Waals surface area contributed by atoms with Crippen LogP contribution in [0.25, 0.3) is 0 Å². The van der Waals surface area contributed by atoms with Gasteiger partial charge in [-0.05, 0) is 24.6 Å². The summed E-state index contributed by atoms with van der Waals surface area (Å²) in [7, 11) is 1.69. The Morgan fingerprint density at radius 3 is 2.82 bits per heavy atom. The van der Waals surface area contributed by atoms with Gasteiger partial charge in [0.15, 0.2) is 5.96 Å². The maximum atomic E-state index is 5.94. The van der Waals surface area contributed by atoms with Crippen LogP contribution in [0.1, 0.15) is 12.5 Å². The fourth-order valence-electron chi connectivity index (χ4n) is 2.16. The summed E-state index contributed by atoms with van der Waals surface area (Å²) in [6.07, 6.45) is 3.59. The molecule has 0 aromatic carbocycles. The summed E-state index contributed by atoms with van der Waals surface area (Å²) < 4.78 is 5.12. The normalized spacial score (nSPS) is 23.9. The lowest BCUT2D eigenvalue weighted by Crippen LogP contribution is -2.48. The van der Waals surface area contributed by atoms with Crippen molar-refractivity contribution in [2.24, 2.45) is 10.7 Å². The molecule has 1 aromatic heterocycles. The molecule has 5 heteroatoms. The standard InChI is InChI=1S/C12H18N4O/c1-12(10-3-5-14-6-4-10)9-15-11(13)16(12)7-8-17-2/h3-6H,7-9H2,1-2H3,(H2,13,15). The Hall–Kier alpha value is -1.62. The first-order valence-corrected chi connectivity index (χ1v) is 5.65. The third kappa shape index (κ3) is 2.10. The van der Waals surface area contributed by atoms with Crippen molar-refractivity contribution >= 4 is 5.96 Å². The van der Waals surface area contributed by atoms with E-state index < -0.39 is 0 Å². The molecule has 0 fully saturated rings. The van der Waals surface area contributed by atoms with E-state index in [9.17, 15) is 0 Å². The number of nitrogens with two attached hydrogens (primary N) is 1. The van der Waals surface area contributed by atoms with Crippen molar-refractivity contribution in [2.45, 2.75) is 12.5 Å². The minimum atomic E-state index is -0.189. The van der Waals surface area contributed by atoms with Gasteiger partial charge in [-0.15, -0.1) is 0 Å². The van der Waals surface area contributed by atoms with Crippen molar-refractivity contribution in [3.05, 3.63) is 30.1 Å². The Kier molecular flexibility index (Phi) is 3.28. The molecule has 1 aliphatic rings. The molecule has 1 aliphatic heterocycles. The molecule has 2 rings (SSSR count). The van der Waals surface area contributed by atoms with Crippen molar-refractivity contribution in [2.75, 3.05) is 26.8 Å². The van der Waals surface area contributed by atoms with Crippen molar-refractivity contribution < 1.29 is 4.74 Å². The second kappa shape index (κ2) is 4.71. The monoisotopic (exact) mass is 234 g/mol. The highest BCUT2D eigenvalue weighted by Gasteiger charge is 2.39. The molecule has 0 saturated heterocycles. The third-order valence-electron chi connectivity index (χ3n) is 3.24. The lowest BCUT2D eigenvalue weighted by atomic mass is 9.92. The van der Waals surface area contributed by atoms with Gasteiger partial charge in [-0.25, -0.2) is 0 Å². The van der Waals surface area contributed by atoms with Gasteiger partial charge in [0.25, 0.3) is 0 Å². The first-order valence-electron chi connectivity index (χ1n) is 5.65. The van der Waals surface area contributed by atoms with Gasteiger partial charge in [-0.2, -0.15) is 0 Å². The van der Waals surface area contributed by atoms with E-state index >= 15 is 0 Å². The SMILES string of the molecule is COCCN1C(N)=NCC1(C)c1ccncc1. The van der Waals surface area contributed by atoms with E-state index in [1.807, 2.05) is 12.1 Å². The summed E-state index contributed by atoms with van der Waals surface area (Å²) in [5, 5.41) is 0. The van der Waals surface area contributed by atoms with Crippen LogP contribution in [0.5, 0.6) is 0 Å². The number of guanidine groups is 1. The topological polar surface area (TPSA) is 63.7 Å². The van der Waals surface area contributed by atoms with E-state index in [4.69, 9.17) is 10.5 Å². The summed E-state index contributed by atoms with van der Waals surface area (Å²) in [4.78, 5) is 10.5. The highest BCUT2D eigenvalue weighted by atomic mass is 16.5. The van der Waals surface area contributed by atoms with Crippen LogP contribution in [0.2, 0.25) is 0 Å². The zero-order valence-corrected chi connectivity index (χ0v) is 10.3. The van der Waals surface area contributed by atoms with Crippen LogP contribution in [-0.2, 0) is 10.3 Å². The number of ether oxygens (including phenoxy) is 1. The molecule has 2 heterocycles. The zero-order valence-electron chi connectivity index (χ0n) is 10.3. The predicted octanol–water partition coefficient (Wildman–Crippen LogP) is 0.573. The fraction of sp³-hybridized carbons (Fsp3) is 0.500. The maximum Gasteiger partial charge on any atom is 0.192 e. The van der Waals surface area contributed by atoms with E-state index in [1.54, 1.807) is 19.5 Å². The number of aliphatic imine (C=N–C) groups is 1. The molecule has 0 radical (unpaired) electrons. The summed E-state index contributed by atoms with van der Waals surface area (Å²) in [6, 6.07) is 4.02. The lowest BCUT2D eigenvalue weighted by Gasteiger charge is -2.36. The Bertz CT molecular complexity index is 406. The van der Waals surface area contributed by atoms with E-state index in [0.717, 1.165) is 6.54 Å². The molecular weight excluding hydrogens is 216 g/mol. The van der Waals surface area contributed by atoms with Gasteiger partial charge in [0, 0.05) is 26.0 Å². The van der Waals surface area contributed by atoms with E-state index in [0.29, 0.717) is 19.1 Å². The highest BCUT2D eigenvalue weighted by molar-refractivity contribution is 5.81. The van der Waals surface area contributed by atoms with E-state index in [2.05, 4.69) is 21.8 Å². The van der Waals surface area contributed by atoms with Crippen LogP contribution in [-0.4, -0.2) is 42.6 Å². The highest BCUT2D eigenvalue weighted by Crippen LogP contribution is 2.31. The maximum absolute atomic E-state index is 5.94. The Morgan fingerprint density at radius 2 is 2.18 bits per heavy atom. The molecular formula is C12H18N4O. The quantitative estimate of drug-likeness (QED) is 0.827. The van der Waals surface area contributed by atoms with Crippen LogP contribution >= 0.6 is 0 Å². The van der Waals surface area contributed by atoms with Crippen molar-refractivity contribution in [1.29, 1.82) is 0 Å². The number of pyridine rings is 1. The zero-order chi connectivity index (χ0) is 12.3. The number of hydrogen-bond acceptors (Lipinski definition) is 5. The Labute approximate surface area is 101 Å². The van der Waals surface area contributed by atoms with Gasteiger partial charge in [0.05, 0.1) is 18.7 Å². The number of rotatable bonds is 4. The summed E-state index contributed by atoms with van der Waals surface area (Å²) >= 11 is 0. The third-order valence-corrected chi connectivity index (χ3v) is 3.24. The molecule has 17 heavy (non-hydrogen) atoms. The minimum Gasteiger partial charge on any atom is -0.383 e. The van der Waals surface area contributed by atoms with Crippen molar-refractivity contribution in [3.8, 4) is 0 Å². The van der Waals surface area contributed by atoms with Crippen LogP contribution in [0.4, 0.5) is 0 Å². The molecule has 0 saturated carbocycles. The van der Waals surface area contributed by atoms with Gasteiger partial charge in [0.2, 0.25) is 0 Å². The van der Waals surface area contributed by atoms with Gasteiger partial charge >= 0.3 is 0 Å². The van der Waals surface area contributed by atoms with E-state index in [-0.39, 0.29) is 5.54 Å². The number of aromatic nitrogens is 1. The Morgan fingerprint density at radius 1 is 1.47 bits per heavy atom. The molecule has 92 valence electrons. The molecule has 5 nitrogen and oxygen atoms in total. The largest absolute Gasteiger partial charge is 0.383 e. The average Bonchev–Trinajstić information content (AvgIpc) is 2.65. The first kappa shape index (κ1) is 11.9. The van der Waals surface area contributed by atoms with Crippen molar-refractivity contribution in [1.82, 2.24) is 9.88 Å². The van der Waals surface area contributed by atoms with Crippen molar-refractivity contribution in [3.63, 3.8) is 0 Å². The van der Waals surface area contributed by atoms with Gasteiger partial charge < -0.3 is 15.4 Å². The molecule has 0 amide bonds. The smallest absolute Gasteiger partial charge is 0.192 e. The Balaban J connectivity index is 2.25. The number of nitrogens with zero attached hydrogens (tertiary/aromatic N) is 3. The number of hydrogen-bond donors (Lipinski definition) is 1. The summed E-state index contributed by atoms with van der Waals surface area (Å²) in [6.45, 7) is 4.19. The van der Waals surface area contributed by atoms with Crippen LogP contribution in [0, 0.1) is 0 Å². The van der Waals surface area contributed by atoms with Gasteiger partial charge in [0.1, 0.15) is 0 Å². The second-order valence-corrected chi connectivity index (χ2v) is 4.33. The van der Waals surface area contributed by atoms with Crippen LogP contribution in [0.15, 0.2) is 29.5 Å².